The van der Waals surface area contributed by atoms with Crippen LogP contribution >= 0.6 is 0 Å². The van der Waals surface area contributed by atoms with Crippen LogP contribution in [0.2, 0.25) is 0 Å². The van der Waals surface area contributed by atoms with Crippen molar-refractivity contribution in [2.24, 2.45) is 0 Å². The van der Waals surface area contributed by atoms with Gasteiger partial charge < -0.3 is 4.42 Å². The molecule has 11 rings (SSSR count). The van der Waals surface area contributed by atoms with Crippen molar-refractivity contribution in [1.29, 1.82) is 0 Å². The summed E-state index contributed by atoms with van der Waals surface area (Å²) in [6.45, 7) is 0. The van der Waals surface area contributed by atoms with Crippen molar-refractivity contribution >= 4 is 43.5 Å². The number of nitrogens with zero attached hydrogens (tertiary/aromatic N) is 3. The largest absolute Gasteiger partial charge is 0.455 e. The molecule has 1 aliphatic rings. The predicted molar refractivity (Wildman–Crippen MR) is 208 cm³/mol. The number of furan rings is 1. The topological polar surface area (TPSA) is 51.8 Å². The lowest BCUT2D eigenvalue weighted by Gasteiger charge is -2.12. The van der Waals surface area contributed by atoms with Crippen LogP contribution in [0.15, 0.2) is 168 Å². The molecule has 0 spiro atoms. The molecular weight excluding hydrogens is 623 g/mol. The fourth-order valence-corrected chi connectivity index (χ4v) is 7.95. The Kier molecular flexibility index (Phi) is 5.92. The zero-order valence-corrected chi connectivity index (χ0v) is 27.3. The first-order valence-corrected chi connectivity index (χ1v) is 17.2. The molecule has 1 aliphatic carbocycles. The summed E-state index contributed by atoms with van der Waals surface area (Å²) in [6.07, 6.45) is 0. The SMILES string of the molecule is c1ccc(-c2nc(-c3ccccc3)nc(-c3cccc4c(-c5ccc6c(c5)oc5c7cccc8c7c(cc65)-c5ccccc5-8)cccc34)n2)cc1. The Hall–Kier alpha value is -6.91. The predicted octanol–water partition coefficient (Wildman–Crippen LogP) is 12.4. The smallest absolute Gasteiger partial charge is 0.164 e. The minimum Gasteiger partial charge on any atom is -0.455 e. The van der Waals surface area contributed by atoms with Gasteiger partial charge in [0.2, 0.25) is 0 Å². The van der Waals surface area contributed by atoms with Gasteiger partial charge in [0.25, 0.3) is 0 Å². The lowest BCUT2D eigenvalue weighted by molar-refractivity contribution is 0.673. The number of hydrogen-bond donors (Lipinski definition) is 0. The molecule has 0 amide bonds. The van der Waals surface area contributed by atoms with Crippen LogP contribution in [0.3, 0.4) is 0 Å². The zero-order chi connectivity index (χ0) is 33.5. The Morgan fingerprint density at radius 1 is 0.314 bits per heavy atom. The van der Waals surface area contributed by atoms with Gasteiger partial charge in [0, 0.05) is 38.2 Å². The van der Waals surface area contributed by atoms with Crippen molar-refractivity contribution in [1.82, 2.24) is 15.0 Å². The molecule has 8 aromatic carbocycles. The Labute approximate surface area is 293 Å². The van der Waals surface area contributed by atoms with Crippen LogP contribution in [0.25, 0.3) is 111 Å². The van der Waals surface area contributed by atoms with Crippen molar-refractivity contribution in [2.75, 3.05) is 0 Å². The van der Waals surface area contributed by atoms with Crippen molar-refractivity contribution in [3.63, 3.8) is 0 Å². The molecule has 0 bridgehead atoms. The third-order valence-electron chi connectivity index (χ3n) is 10.3. The molecule has 2 aromatic heterocycles. The van der Waals surface area contributed by atoms with E-state index in [4.69, 9.17) is 19.4 Å². The van der Waals surface area contributed by atoms with Crippen molar-refractivity contribution in [3.8, 4) is 67.5 Å². The summed E-state index contributed by atoms with van der Waals surface area (Å²) in [6, 6.07) is 57.2. The molecular formula is C47H27N3O. The molecule has 0 fully saturated rings. The van der Waals surface area contributed by atoms with Crippen LogP contribution in [0.1, 0.15) is 0 Å². The molecule has 4 nitrogen and oxygen atoms in total. The highest BCUT2D eigenvalue weighted by molar-refractivity contribution is 6.26. The zero-order valence-electron chi connectivity index (χ0n) is 27.3. The monoisotopic (exact) mass is 649 g/mol. The standard InChI is InChI=1S/C47H27N3O/c1-3-12-28(13-4-1)45-48-46(29-14-5-2-6-15-29)50-47(49-45)38-22-10-19-32-31(18-9-20-34(32)38)30-24-25-36-41-27-40-35-17-8-7-16-33(35)37-21-11-23-39(43(37)40)44(41)51-42(36)26-30/h1-27H. The molecule has 0 aliphatic heterocycles. The quantitative estimate of drug-likeness (QED) is 0.190. The fourth-order valence-electron chi connectivity index (χ4n) is 7.95. The number of fused-ring (bicyclic) bond motifs is 8. The van der Waals surface area contributed by atoms with Crippen LogP contribution in [0.4, 0.5) is 0 Å². The highest BCUT2D eigenvalue weighted by atomic mass is 16.3. The molecule has 0 N–H and O–H groups in total. The van der Waals surface area contributed by atoms with Gasteiger partial charge in [-0.15, -0.1) is 0 Å². The average molecular weight is 650 g/mol. The first-order chi connectivity index (χ1) is 25.3. The van der Waals surface area contributed by atoms with E-state index >= 15 is 0 Å². The van der Waals surface area contributed by atoms with E-state index in [0.717, 1.165) is 65.9 Å². The van der Waals surface area contributed by atoms with E-state index in [1.54, 1.807) is 0 Å². The Morgan fingerprint density at radius 3 is 1.57 bits per heavy atom. The average Bonchev–Trinajstić information content (AvgIpc) is 3.74. The second kappa shape index (κ2) is 10.8. The minimum absolute atomic E-state index is 0.642. The maximum Gasteiger partial charge on any atom is 0.164 e. The van der Waals surface area contributed by atoms with Gasteiger partial charge in [-0.05, 0) is 62.4 Å². The summed E-state index contributed by atoms with van der Waals surface area (Å²) in [5.74, 6) is 1.94. The second-order valence-electron chi connectivity index (χ2n) is 13.1. The molecule has 0 atom stereocenters. The summed E-state index contributed by atoms with van der Waals surface area (Å²) in [5.41, 5.74) is 12.0. The van der Waals surface area contributed by atoms with Crippen molar-refractivity contribution < 1.29 is 4.42 Å². The van der Waals surface area contributed by atoms with Gasteiger partial charge in [-0.25, -0.2) is 15.0 Å². The van der Waals surface area contributed by atoms with Crippen LogP contribution in [-0.2, 0) is 0 Å². The van der Waals surface area contributed by atoms with E-state index in [2.05, 4.69) is 103 Å². The Balaban J connectivity index is 1.08. The third-order valence-corrected chi connectivity index (χ3v) is 10.3. The van der Waals surface area contributed by atoms with E-state index in [1.807, 2.05) is 60.7 Å². The number of rotatable bonds is 4. The molecule has 4 heteroatoms. The van der Waals surface area contributed by atoms with Gasteiger partial charge in [0.05, 0.1) is 0 Å². The summed E-state index contributed by atoms with van der Waals surface area (Å²) in [7, 11) is 0. The van der Waals surface area contributed by atoms with Crippen LogP contribution in [0.5, 0.6) is 0 Å². The van der Waals surface area contributed by atoms with Crippen molar-refractivity contribution in [2.45, 2.75) is 0 Å². The van der Waals surface area contributed by atoms with E-state index in [0.29, 0.717) is 17.5 Å². The highest BCUT2D eigenvalue weighted by Gasteiger charge is 2.24. The van der Waals surface area contributed by atoms with E-state index in [-0.39, 0.29) is 0 Å². The van der Waals surface area contributed by atoms with Gasteiger partial charge in [-0.3, -0.25) is 0 Å². The third kappa shape index (κ3) is 4.23. The van der Waals surface area contributed by atoms with E-state index in [9.17, 15) is 0 Å². The summed E-state index contributed by atoms with van der Waals surface area (Å²) >= 11 is 0. The molecule has 0 unspecified atom stereocenters. The van der Waals surface area contributed by atoms with Gasteiger partial charge in [0.1, 0.15) is 11.2 Å². The van der Waals surface area contributed by atoms with Gasteiger partial charge in [-0.2, -0.15) is 0 Å². The maximum absolute atomic E-state index is 6.75. The van der Waals surface area contributed by atoms with Gasteiger partial charge in [-0.1, -0.05) is 146 Å². The normalized spacial score (nSPS) is 11.9. The van der Waals surface area contributed by atoms with Crippen LogP contribution < -0.4 is 0 Å². The van der Waals surface area contributed by atoms with Gasteiger partial charge >= 0.3 is 0 Å². The number of benzene rings is 8. The number of hydrogen-bond acceptors (Lipinski definition) is 4. The minimum atomic E-state index is 0.642. The molecule has 0 radical (unpaired) electrons. The summed E-state index contributed by atoms with van der Waals surface area (Å²) in [5, 5.41) is 6.90. The molecule has 51 heavy (non-hydrogen) atoms. The van der Waals surface area contributed by atoms with Crippen molar-refractivity contribution in [3.05, 3.63) is 164 Å². The fraction of sp³-hybridized carbons (Fsp3) is 0. The molecule has 0 saturated carbocycles. The Bertz CT molecular complexity index is 2960. The molecule has 10 aromatic rings. The summed E-state index contributed by atoms with van der Waals surface area (Å²) in [4.78, 5) is 15.0. The number of aromatic nitrogens is 3. The van der Waals surface area contributed by atoms with E-state index in [1.165, 1.54) is 27.6 Å². The maximum atomic E-state index is 6.75. The highest BCUT2D eigenvalue weighted by Crippen LogP contribution is 2.50. The summed E-state index contributed by atoms with van der Waals surface area (Å²) < 4.78 is 6.75. The Morgan fingerprint density at radius 2 is 0.863 bits per heavy atom. The molecule has 236 valence electrons. The lowest BCUT2D eigenvalue weighted by atomic mass is 9.94. The second-order valence-corrected chi connectivity index (χ2v) is 13.1. The van der Waals surface area contributed by atoms with Crippen LogP contribution in [0, 0.1) is 0 Å². The molecule has 2 heterocycles. The molecule has 0 saturated heterocycles. The first kappa shape index (κ1) is 28.0. The van der Waals surface area contributed by atoms with Gasteiger partial charge in [0.15, 0.2) is 17.5 Å². The lowest BCUT2D eigenvalue weighted by Crippen LogP contribution is -2.00. The van der Waals surface area contributed by atoms with Crippen LogP contribution in [-0.4, -0.2) is 15.0 Å². The first-order valence-electron chi connectivity index (χ1n) is 17.2. The van der Waals surface area contributed by atoms with E-state index < -0.39 is 0 Å².